The van der Waals surface area contributed by atoms with Crippen molar-refractivity contribution in [2.75, 3.05) is 5.73 Å². The molecule has 2 aromatic rings. The van der Waals surface area contributed by atoms with E-state index in [9.17, 15) is 4.79 Å². The van der Waals surface area contributed by atoms with E-state index in [0.717, 1.165) is 10.5 Å². The average molecular weight is 300 g/mol. The van der Waals surface area contributed by atoms with E-state index in [1.807, 2.05) is 12.1 Å². The van der Waals surface area contributed by atoms with Gasteiger partial charge in [-0.1, -0.05) is 11.6 Å². The Morgan fingerprint density at radius 2 is 2.22 bits per heavy atom. The van der Waals surface area contributed by atoms with Crippen molar-refractivity contribution in [1.29, 1.82) is 0 Å². The molecule has 0 spiro atoms. The molecule has 2 rings (SSSR count). The molecule has 0 unspecified atom stereocenters. The molecule has 3 nitrogen and oxygen atoms in total. The minimum absolute atomic E-state index is 0.393. The lowest BCUT2D eigenvalue weighted by Gasteiger charge is -2.04. The summed E-state index contributed by atoms with van der Waals surface area (Å²) in [7, 11) is 0. The predicted molar refractivity (Wildman–Crippen MR) is 76.7 cm³/mol. The molecule has 1 heterocycles. The molecule has 0 fully saturated rings. The highest BCUT2D eigenvalue weighted by molar-refractivity contribution is 7.98. The summed E-state index contributed by atoms with van der Waals surface area (Å²) in [6, 6.07) is 7.24. The summed E-state index contributed by atoms with van der Waals surface area (Å²) in [4.78, 5) is 12.3. The molecule has 0 amide bonds. The van der Waals surface area contributed by atoms with Crippen LogP contribution in [0.3, 0.4) is 0 Å². The first-order valence-electron chi connectivity index (χ1n) is 5.05. The third kappa shape index (κ3) is 2.98. The van der Waals surface area contributed by atoms with Crippen LogP contribution in [0.4, 0.5) is 5.69 Å². The molecule has 3 N–H and O–H groups in total. The third-order valence-corrected chi connectivity index (χ3v) is 4.62. The van der Waals surface area contributed by atoms with Gasteiger partial charge in [-0.2, -0.15) is 0 Å². The highest BCUT2D eigenvalue weighted by Crippen LogP contribution is 2.30. The number of rotatable bonds is 4. The van der Waals surface area contributed by atoms with Crippen molar-refractivity contribution in [1.82, 2.24) is 0 Å². The van der Waals surface area contributed by atoms with Crippen molar-refractivity contribution in [3.63, 3.8) is 0 Å². The Kier molecular flexibility index (Phi) is 4.16. The summed E-state index contributed by atoms with van der Waals surface area (Å²) < 4.78 is 0. The van der Waals surface area contributed by atoms with Gasteiger partial charge in [0.05, 0.1) is 10.7 Å². The smallest absolute Gasteiger partial charge is 0.346 e. The molecule has 1 aromatic heterocycles. The van der Waals surface area contributed by atoms with Crippen LogP contribution >= 0.6 is 34.7 Å². The Morgan fingerprint density at radius 1 is 1.44 bits per heavy atom. The number of nitrogen functional groups attached to an aromatic ring is 1. The van der Waals surface area contributed by atoms with Crippen LogP contribution in [0, 0.1) is 0 Å². The zero-order valence-electron chi connectivity index (χ0n) is 9.22. The van der Waals surface area contributed by atoms with Crippen molar-refractivity contribution < 1.29 is 9.90 Å². The Balaban J connectivity index is 2.09. The maximum absolute atomic E-state index is 11.0. The fourth-order valence-electron chi connectivity index (χ4n) is 1.40. The van der Waals surface area contributed by atoms with E-state index < -0.39 is 5.97 Å². The summed E-state index contributed by atoms with van der Waals surface area (Å²) in [6.45, 7) is 0. The number of hydrogen-bond donors (Lipinski definition) is 2. The van der Waals surface area contributed by atoms with Crippen molar-refractivity contribution in [3.8, 4) is 0 Å². The minimum atomic E-state index is -0.879. The lowest BCUT2D eigenvalue weighted by molar-refractivity contribution is 0.0701. The number of aromatic carboxylic acids is 1. The molecular formula is C12H10ClNO2S2. The summed E-state index contributed by atoms with van der Waals surface area (Å²) >= 11 is 8.70. The molecule has 0 saturated carbocycles. The fraction of sp³-hybridized carbons (Fsp3) is 0.0833. The van der Waals surface area contributed by atoms with Gasteiger partial charge in [-0.3, -0.25) is 0 Å². The van der Waals surface area contributed by atoms with E-state index in [4.69, 9.17) is 22.4 Å². The molecule has 0 aliphatic rings. The number of nitrogens with two attached hydrogens (primary N) is 1. The van der Waals surface area contributed by atoms with Crippen molar-refractivity contribution in [2.24, 2.45) is 0 Å². The fourth-order valence-corrected chi connectivity index (χ4v) is 3.42. The van der Waals surface area contributed by atoms with E-state index in [2.05, 4.69) is 0 Å². The van der Waals surface area contributed by atoms with Gasteiger partial charge in [0.15, 0.2) is 0 Å². The molecule has 94 valence electrons. The molecule has 0 aliphatic heterocycles. The van der Waals surface area contributed by atoms with Gasteiger partial charge < -0.3 is 10.8 Å². The molecular weight excluding hydrogens is 290 g/mol. The van der Waals surface area contributed by atoms with Crippen LogP contribution < -0.4 is 5.73 Å². The third-order valence-electron chi connectivity index (χ3n) is 2.31. The first kappa shape index (κ1) is 13.3. The van der Waals surface area contributed by atoms with Crippen LogP contribution in [-0.4, -0.2) is 11.1 Å². The van der Waals surface area contributed by atoms with Gasteiger partial charge in [-0.25, -0.2) is 4.79 Å². The largest absolute Gasteiger partial charge is 0.477 e. The SMILES string of the molecule is Nc1ccc(SCc2ccsc2C(=O)O)cc1Cl. The number of carboxylic acids is 1. The number of thioether (sulfide) groups is 1. The second kappa shape index (κ2) is 5.65. The van der Waals surface area contributed by atoms with Gasteiger partial charge in [0, 0.05) is 10.6 Å². The molecule has 6 heteroatoms. The molecule has 0 aliphatic carbocycles. The number of carboxylic acid groups (broad SMARTS) is 1. The lowest BCUT2D eigenvalue weighted by atomic mass is 10.3. The Labute approximate surface area is 118 Å². The molecule has 0 atom stereocenters. The van der Waals surface area contributed by atoms with E-state index in [1.165, 1.54) is 23.1 Å². The number of hydrogen-bond acceptors (Lipinski definition) is 4. The minimum Gasteiger partial charge on any atom is -0.477 e. The van der Waals surface area contributed by atoms with Crippen LogP contribution in [-0.2, 0) is 5.75 Å². The zero-order chi connectivity index (χ0) is 13.1. The summed E-state index contributed by atoms with van der Waals surface area (Å²) in [5.74, 6) is -0.276. The van der Waals surface area contributed by atoms with Crippen LogP contribution in [0.25, 0.3) is 0 Å². The Morgan fingerprint density at radius 3 is 2.89 bits per heavy atom. The maximum Gasteiger partial charge on any atom is 0.346 e. The van der Waals surface area contributed by atoms with E-state index in [1.54, 1.807) is 17.5 Å². The first-order valence-corrected chi connectivity index (χ1v) is 7.29. The van der Waals surface area contributed by atoms with Gasteiger partial charge in [0.1, 0.15) is 4.88 Å². The second-order valence-electron chi connectivity index (χ2n) is 3.55. The van der Waals surface area contributed by atoms with Crippen molar-refractivity contribution in [3.05, 3.63) is 45.1 Å². The number of thiophene rings is 1. The first-order chi connectivity index (χ1) is 8.58. The standard InChI is InChI=1S/C12H10ClNO2S2/c13-9-5-8(1-2-10(9)14)18-6-7-3-4-17-11(7)12(15)16/h1-5H,6,14H2,(H,15,16). The van der Waals surface area contributed by atoms with E-state index in [0.29, 0.717) is 21.3 Å². The molecule has 1 aromatic carbocycles. The van der Waals surface area contributed by atoms with Gasteiger partial charge in [0.2, 0.25) is 0 Å². The number of benzene rings is 1. The van der Waals surface area contributed by atoms with Crippen LogP contribution in [0.15, 0.2) is 34.5 Å². The second-order valence-corrected chi connectivity index (χ2v) is 5.92. The van der Waals surface area contributed by atoms with Gasteiger partial charge in [0.25, 0.3) is 0 Å². The Hall–Kier alpha value is -1.17. The number of halogens is 1. The topological polar surface area (TPSA) is 63.3 Å². The Bertz CT molecular complexity index is 583. The maximum atomic E-state index is 11.0. The van der Waals surface area contributed by atoms with Crippen LogP contribution in [0.5, 0.6) is 0 Å². The van der Waals surface area contributed by atoms with Gasteiger partial charge in [-0.05, 0) is 35.2 Å². The molecule has 18 heavy (non-hydrogen) atoms. The summed E-state index contributed by atoms with van der Waals surface area (Å²) in [6.07, 6.45) is 0. The lowest BCUT2D eigenvalue weighted by Crippen LogP contribution is -1.96. The zero-order valence-corrected chi connectivity index (χ0v) is 11.6. The highest BCUT2D eigenvalue weighted by Gasteiger charge is 2.11. The highest BCUT2D eigenvalue weighted by atomic mass is 35.5. The van der Waals surface area contributed by atoms with E-state index >= 15 is 0 Å². The predicted octanol–water partition coefficient (Wildman–Crippen LogP) is 3.97. The number of carbonyl (C=O) groups is 1. The van der Waals surface area contributed by atoms with Crippen LogP contribution in [0.2, 0.25) is 5.02 Å². The molecule has 0 saturated heterocycles. The quantitative estimate of drug-likeness (QED) is 0.662. The van der Waals surface area contributed by atoms with Crippen LogP contribution in [0.1, 0.15) is 15.2 Å². The van der Waals surface area contributed by atoms with Crippen molar-refractivity contribution in [2.45, 2.75) is 10.6 Å². The number of anilines is 1. The van der Waals surface area contributed by atoms with E-state index in [-0.39, 0.29) is 0 Å². The van der Waals surface area contributed by atoms with Gasteiger partial charge in [-0.15, -0.1) is 23.1 Å². The average Bonchev–Trinajstić information content (AvgIpc) is 2.79. The summed E-state index contributed by atoms with van der Waals surface area (Å²) in [5.41, 5.74) is 6.99. The van der Waals surface area contributed by atoms with Gasteiger partial charge >= 0.3 is 5.97 Å². The molecule has 0 radical (unpaired) electrons. The van der Waals surface area contributed by atoms with Crippen molar-refractivity contribution >= 4 is 46.4 Å². The summed E-state index contributed by atoms with van der Waals surface area (Å²) in [5, 5.41) is 11.3. The monoisotopic (exact) mass is 299 g/mol. The normalized spacial score (nSPS) is 10.5. The molecule has 0 bridgehead atoms.